The molecule has 0 aromatic carbocycles. The van der Waals surface area contributed by atoms with Gasteiger partial charge < -0.3 is 10.2 Å². The van der Waals surface area contributed by atoms with E-state index in [1.165, 1.54) is 11.3 Å². The molecule has 0 spiro atoms. The van der Waals surface area contributed by atoms with Crippen molar-refractivity contribution in [1.29, 1.82) is 0 Å². The monoisotopic (exact) mass is 238 g/mol. The Morgan fingerprint density at radius 2 is 2.24 bits per heavy atom. The summed E-state index contributed by atoms with van der Waals surface area (Å²) in [4.78, 5) is 12.9. The summed E-state index contributed by atoms with van der Waals surface area (Å²) < 4.78 is 1.87. The fourth-order valence-electron chi connectivity index (χ4n) is 1.53. The standard InChI is InChI=1S/C12H22N4O/c1-10-11(9-14-16(10)4)8-13-7-5-6-12(17)15(2)3/h9,13H,5-8H2,1-4H3. The van der Waals surface area contributed by atoms with Gasteiger partial charge >= 0.3 is 0 Å². The molecule has 17 heavy (non-hydrogen) atoms. The Hall–Kier alpha value is -1.36. The Morgan fingerprint density at radius 1 is 1.53 bits per heavy atom. The van der Waals surface area contributed by atoms with Crippen LogP contribution in [0, 0.1) is 6.92 Å². The molecule has 1 N–H and O–H groups in total. The minimum Gasteiger partial charge on any atom is -0.349 e. The molecule has 1 rings (SSSR count). The molecule has 0 fully saturated rings. The molecular weight excluding hydrogens is 216 g/mol. The van der Waals surface area contributed by atoms with Gasteiger partial charge in [-0.05, 0) is 19.9 Å². The van der Waals surface area contributed by atoms with Gasteiger partial charge in [0.15, 0.2) is 0 Å². The van der Waals surface area contributed by atoms with Gasteiger partial charge in [0, 0.05) is 45.4 Å². The predicted octanol–water partition coefficient (Wildman–Crippen LogP) is 0.687. The first-order valence-electron chi connectivity index (χ1n) is 5.90. The number of carbonyl (C=O) groups excluding carboxylic acids is 1. The lowest BCUT2D eigenvalue weighted by atomic mass is 10.2. The van der Waals surface area contributed by atoms with Crippen molar-refractivity contribution in [3.8, 4) is 0 Å². The van der Waals surface area contributed by atoms with Gasteiger partial charge in [-0.15, -0.1) is 0 Å². The van der Waals surface area contributed by atoms with Crippen LogP contribution in [0.2, 0.25) is 0 Å². The summed E-state index contributed by atoms with van der Waals surface area (Å²) in [5.41, 5.74) is 2.40. The lowest BCUT2D eigenvalue weighted by molar-refractivity contribution is -0.128. The number of nitrogens with one attached hydrogen (secondary N) is 1. The highest BCUT2D eigenvalue weighted by molar-refractivity contribution is 5.75. The second kappa shape index (κ2) is 6.39. The lowest BCUT2D eigenvalue weighted by Crippen LogP contribution is -2.23. The average molecular weight is 238 g/mol. The van der Waals surface area contributed by atoms with Crippen LogP contribution >= 0.6 is 0 Å². The van der Waals surface area contributed by atoms with Crippen molar-refractivity contribution in [3.63, 3.8) is 0 Å². The maximum atomic E-state index is 11.3. The van der Waals surface area contributed by atoms with E-state index in [1.54, 1.807) is 19.0 Å². The van der Waals surface area contributed by atoms with Gasteiger partial charge in [-0.3, -0.25) is 9.48 Å². The summed E-state index contributed by atoms with van der Waals surface area (Å²) >= 11 is 0. The molecule has 0 radical (unpaired) electrons. The quantitative estimate of drug-likeness (QED) is 0.742. The Balaban J connectivity index is 2.17. The fourth-order valence-corrected chi connectivity index (χ4v) is 1.53. The van der Waals surface area contributed by atoms with Crippen LogP contribution in [0.3, 0.4) is 0 Å². The van der Waals surface area contributed by atoms with Crippen LogP contribution in [0.5, 0.6) is 0 Å². The van der Waals surface area contributed by atoms with Crippen LogP contribution in [0.1, 0.15) is 24.1 Å². The van der Waals surface area contributed by atoms with E-state index in [0.717, 1.165) is 19.5 Å². The normalized spacial score (nSPS) is 10.6. The zero-order valence-corrected chi connectivity index (χ0v) is 11.2. The molecule has 96 valence electrons. The minimum absolute atomic E-state index is 0.185. The second-order valence-corrected chi connectivity index (χ2v) is 4.45. The first-order valence-corrected chi connectivity index (χ1v) is 5.90. The Bertz CT molecular complexity index is 371. The van der Waals surface area contributed by atoms with Gasteiger partial charge in [0.25, 0.3) is 0 Å². The van der Waals surface area contributed by atoms with Crippen molar-refractivity contribution < 1.29 is 4.79 Å². The third kappa shape index (κ3) is 4.19. The Morgan fingerprint density at radius 3 is 2.76 bits per heavy atom. The van der Waals surface area contributed by atoms with E-state index in [9.17, 15) is 4.79 Å². The number of carbonyl (C=O) groups is 1. The third-order valence-electron chi connectivity index (χ3n) is 2.90. The molecule has 0 bridgehead atoms. The maximum absolute atomic E-state index is 11.3. The van der Waals surface area contributed by atoms with E-state index in [0.29, 0.717) is 6.42 Å². The maximum Gasteiger partial charge on any atom is 0.222 e. The molecule has 1 aromatic rings. The number of hydrogen-bond acceptors (Lipinski definition) is 3. The molecule has 1 aromatic heterocycles. The van der Waals surface area contributed by atoms with E-state index in [4.69, 9.17) is 0 Å². The first-order chi connectivity index (χ1) is 8.02. The van der Waals surface area contributed by atoms with Crippen LogP contribution < -0.4 is 5.32 Å². The molecule has 0 unspecified atom stereocenters. The molecule has 5 nitrogen and oxygen atoms in total. The number of aryl methyl sites for hydroxylation is 1. The summed E-state index contributed by atoms with van der Waals surface area (Å²) in [7, 11) is 5.51. The van der Waals surface area contributed by atoms with Gasteiger partial charge in [0.1, 0.15) is 0 Å². The zero-order chi connectivity index (χ0) is 12.8. The predicted molar refractivity (Wildman–Crippen MR) is 67.6 cm³/mol. The minimum atomic E-state index is 0.185. The van der Waals surface area contributed by atoms with Gasteiger partial charge in [-0.25, -0.2) is 0 Å². The summed E-state index contributed by atoms with van der Waals surface area (Å²) in [5, 5.41) is 7.51. The Labute approximate surface area is 103 Å². The second-order valence-electron chi connectivity index (χ2n) is 4.45. The molecule has 1 heterocycles. The summed E-state index contributed by atoms with van der Waals surface area (Å²) in [5.74, 6) is 0.185. The highest BCUT2D eigenvalue weighted by Crippen LogP contribution is 2.04. The van der Waals surface area contributed by atoms with Crippen molar-refractivity contribution in [2.24, 2.45) is 7.05 Å². The molecule has 0 aliphatic rings. The van der Waals surface area contributed by atoms with Crippen LogP contribution in [0.4, 0.5) is 0 Å². The van der Waals surface area contributed by atoms with Crippen molar-refractivity contribution >= 4 is 5.91 Å². The summed E-state index contributed by atoms with van der Waals surface area (Å²) in [6.45, 7) is 3.73. The van der Waals surface area contributed by atoms with Crippen LogP contribution in [-0.2, 0) is 18.4 Å². The highest BCUT2D eigenvalue weighted by Gasteiger charge is 2.04. The molecule has 0 aliphatic carbocycles. The summed E-state index contributed by atoms with van der Waals surface area (Å²) in [6, 6.07) is 0. The van der Waals surface area contributed by atoms with Crippen molar-refractivity contribution in [2.75, 3.05) is 20.6 Å². The number of amides is 1. The molecule has 0 aliphatic heterocycles. The number of nitrogens with zero attached hydrogens (tertiary/aromatic N) is 3. The highest BCUT2D eigenvalue weighted by atomic mass is 16.2. The summed E-state index contributed by atoms with van der Waals surface area (Å²) in [6.07, 6.45) is 3.36. The van der Waals surface area contributed by atoms with E-state index < -0.39 is 0 Å². The van der Waals surface area contributed by atoms with E-state index in [1.807, 2.05) is 17.9 Å². The molecule has 0 saturated heterocycles. The van der Waals surface area contributed by atoms with Gasteiger partial charge in [0.2, 0.25) is 5.91 Å². The Kier molecular flexibility index (Phi) is 5.15. The van der Waals surface area contributed by atoms with E-state index in [2.05, 4.69) is 17.3 Å². The molecule has 1 amide bonds. The molecule has 5 heteroatoms. The molecule has 0 atom stereocenters. The first kappa shape index (κ1) is 13.7. The average Bonchev–Trinajstić information content (AvgIpc) is 2.59. The molecule has 0 saturated carbocycles. The molecular formula is C12H22N4O. The van der Waals surface area contributed by atoms with Crippen LogP contribution in [-0.4, -0.2) is 41.2 Å². The zero-order valence-electron chi connectivity index (χ0n) is 11.2. The number of rotatable bonds is 6. The lowest BCUT2D eigenvalue weighted by Gasteiger charge is -2.10. The number of hydrogen-bond donors (Lipinski definition) is 1. The van der Waals surface area contributed by atoms with Crippen molar-refractivity contribution in [3.05, 3.63) is 17.5 Å². The third-order valence-corrected chi connectivity index (χ3v) is 2.90. The van der Waals surface area contributed by atoms with Gasteiger partial charge in [0.05, 0.1) is 6.20 Å². The van der Waals surface area contributed by atoms with Gasteiger partial charge in [-0.2, -0.15) is 5.10 Å². The van der Waals surface area contributed by atoms with E-state index in [-0.39, 0.29) is 5.91 Å². The van der Waals surface area contributed by atoms with Crippen LogP contribution in [0.25, 0.3) is 0 Å². The largest absolute Gasteiger partial charge is 0.349 e. The van der Waals surface area contributed by atoms with E-state index >= 15 is 0 Å². The van der Waals surface area contributed by atoms with Crippen molar-refractivity contribution in [1.82, 2.24) is 20.0 Å². The van der Waals surface area contributed by atoms with Gasteiger partial charge in [-0.1, -0.05) is 0 Å². The van der Waals surface area contributed by atoms with Crippen molar-refractivity contribution in [2.45, 2.75) is 26.3 Å². The number of aromatic nitrogens is 2. The topological polar surface area (TPSA) is 50.2 Å². The van der Waals surface area contributed by atoms with Crippen LogP contribution in [0.15, 0.2) is 6.20 Å². The SMILES string of the molecule is Cc1c(CNCCCC(=O)N(C)C)cnn1C. The fraction of sp³-hybridized carbons (Fsp3) is 0.667. The smallest absolute Gasteiger partial charge is 0.222 e.